The fraction of sp³-hybridized carbons (Fsp3) is 0.208. The van der Waals surface area contributed by atoms with Crippen molar-refractivity contribution in [2.45, 2.75) is 33.2 Å². The summed E-state index contributed by atoms with van der Waals surface area (Å²) < 4.78 is 2.20. The van der Waals surface area contributed by atoms with Crippen LogP contribution in [-0.4, -0.2) is 35.2 Å². The average molecular weight is 444 g/mol. The third-order valence-corrected chi connectivity index (χ3v) is 6.01. The normalized spacial score (nSPS) is 11.3. The number of tetrazole rings is 1. The number of imidazole rings is 1. The van der Waals surface area contributed by atoms with Crippen LogP contribution in [0.4, 0.5) is 0 Å². The topological polar surface area (TPSA) is 85.2 Å². The number of hydrogen-bond acceptors (Lipinski definition) is 5. The summed E-state index contributed by atoms with van der Waals surface area (Å²) in [6, 6.07) is 16.6. The van der Waals surface area contributed by atoms with E-state index in [1.54, 1.807) is 6.20 Å². The van der Waals surface area contributed by atoms with Crippen molar-refractivity contribution in [1.82, 2.24) is 35.2 Å². The minimum absolute atomic E-state index is 0.582. The van der Waals surface area contributed by atoms with Crippen molar-refractivity contribution >= 4 is 22.8 Å². The summed E-state index contributed by atoms with van der Waals surface area (Å²) in [5.41, 5.74) is 7.01. The van der Waals surface area contributed by atoms with Crippen LogP contribution in [0.25, 0.3) is 33.7 Å². The minimum atomic E-state index is 0.582. The summed E-state index contributed by atoms with van der Waals surface area (Å²) in [5, 5.41) is 15.1. The Hall–Kier alpha value is -3.58. The lowest BCUT2D eigenvalue weighted by atomic mass is 9.98. The number of rotatable bonds is 6. The van der Waals surface area contributed by atoms with Crippen LogP contribution in [0.15, 0.2) is 54.7 Å². The van der Waals surface area contributed by atoms with Crippen molar-refractivity contribution in [2.75, 3.05) is 0 Å². The molecule has 5 aromatic rings. The average Bonchev–Trinajstić information content (AvgIpc) is 3.47. The Kier molecular flexibility index (Phi) is 5.41. The number of nitrogens with zero attached hydrogens (tertiary/aromatic N) is 6. The fourth-order valence-electron chi connectivity index (χ4n) is 3.96. The summed E-state index contributed by atoms with van der Waals surface area (Å²) in [5.74, 6) is 1.62. The molecule has 0 fully saturated rings. The number of aromatic nitrogens is 7. The second-order valence-electron chi connectivity index (χ2n) is 7.75. The second-order valence-corrected chi connectivity index (χ2v) is 8.15. The molecule has 3 heterocycles. The van der Waals surface area contributed by atoms with Gasteiger partial charge in [0.1, 0.15) is 11.3 Å². The van der Waals surface area contributed by atoms with E-state index in [4.69, 9.17) is 16.6 Å². The van der Waals surface area contributed by atoms with Gasteiger partial charge >= 0.3 is 0 Å². The van der Waals surface area contributed by atoms with E-state index in [2.05, 4.69) is 67.4 Å². The zero-order valence-electron chi connectivity index (χ0n) is 17.9. The molecule has 0 bridgehead atoms. The van der Waals surface area contributed by atoms with E-state index in [0.29, 0.717) is 17.4 Å². The lowest BCUT2D eigenvalue weighted by Crippen LogP contribution is -2.06. The largest absolute Gasteiger partial charge is 0.308 e. The number of aryl methyl sites for hydroxylation is 2. The lowest BCUT2D eigenvalue weighted by molar-refractivity contribution is 0.717. The number of pyridine rings is 1. The van der Waals surface area contributed by atoms with Gasteiger partial charge in [0.15, 0.2) is 5.65 Å². The Morgan fingerprint density at radius 2 is 1.81 bits per heavy atom. The first-order chi connectivity index (χ1) is 15.7. The van der Waals surface area contributed by atoms with Crippen LogP contribution < -0.4 is 0 Å². The van der Waals surface area contributed by atoms with Gasteiger partial charge in [-0.25, -0.2) is 9.97 Å². The first kappa shape index (κ1) is 20.3. The van der Waals surface area contributed by atoms with E-state index in [9.17, 15) is 0 Å². The maximum Gasteiger partial charge on any atom is 0.205 e. The molecule has 3 aromatic heterocycles. The summed E-state index contributed by atoms with van der Waals surface area (Å²) in [6.45, 7) is 4.86. The Balaban J connectivity index is 1.50. The third-order valence-electron chi connectivity index (χ3n) is 5.63. The number of nitrogens with one attached hydrogen (secondary N) is 1. The van der Waals surface area contributed by atoms with Gasteiger partial charge in [0.25, 0.3) is 0 Å². The number of H-pyrrole nitrogens is 1. The lowest BCUT2D eigenvalue weighted by Gasteiger charge is -2.11. The van der Waals surface area contributed by atoms with Gasteiger partial charge in [-0.05, 0) is 40.8 Å². The van der Waals surface area contributed by atoms with Crippen LogP contribution >= 0.6 is 11.6 Å². The molecule has 0 aliphatic rings. The van der Waals surface area contributed by atoms with Crippen molar-refractivity contribution in [3.8, 4) is 22.5 Å². The number of hydrogen-bond donors (Lipinski definition) is 1. The quantitative estimate of drug-likeness (QED) is 0.388. The van der Waals surface area contributed by atoms with E-state index in [1.807, 2.05) is 25.1 Å². The van der Waals surface area contributed by atoms with Crippen LogP contribution in [-0.2, 0) is 13.0 Å². The molecule has 32 heavy (non-hydrogen) atoms. The van der Waals surface area contributed by atoms with Crippen LogP contribution in [0.1, 0.15) is 30.3 Å². The summed E-state index contributed by atoms with van der Waals surface area (Å²) in [7, 11) is 0. The molecule has 2 aromatic carbocycles. The van der Waals surface area contributed by atoms with E-state index >= 15 is 0 Å². The second kappa shape index (κ2) is 8.51. The highest BCUT2D eigenvalue weighted by Crippen LogP contribution is 2.30. The molecule has 0 spiro atoms. The molecule has 8 heteroatoms. The number of aromatic amines is 1. The van der Waals surface area contributed by atoms with Gasteiger partial charge in [-0.3, -0.25) is 0 Å². The van der Waals surface area contributed by atoms with Crippen molar-refractivity contribution in [2.24, 2.45) is 0 Å². The summed E-state index contributed by atoms with van der Waals surface area (Å²) in [4.78, 5) is 9.45. The standard InChI is InChI=1S/C24H22ClN7/c1-3-6-21-27-22-15(2)20(25)13-26-24(22)32(21)14-16-9-11-17(12-10-16)18-7-4-5-8-19(18)23-28-30-31-29-23/h4-5,7-13H,3,6,14H2,1-2H3,(H,28,29,30,31). The van der Waals surface area contributed by atoms with Gasteiger partial charge in [-0.1, -0.05) is 67.1 Å². The van der Waals surface area contributed by atoms with Crippen LogP contribution in [0.2, 0.25) is 5.02 Å². The summed E-state index contributed by atoms with van der Waals surface area (Å²) in [6.07, 6.45) is 3.62. The Morgan fingerprint density at radius 3 is 2.53 bits per heavy atom. The van der Waals surface area contributed by atoms with Gasteiger partial charge in [-0.15, -0.1) is 10.2 Å². The van der Waals surface area contributed by atoms with E-state index < -0.39 is 0 Å². The molecule has 0 aliphatic carbocycles. The predicted molar refractivity (Wildman–Crippen MR) is 125 cm³/mol. The molecule has 1 N–H and O–H groups in total. The molecule has 0 amide bonds. The van der Waals surface area contributed by atoms with Gasteiger partial charge in [0.05, 0.1) is 11.6 Å². The maximum absolute atomic E-state index is 6.29. The van der Waals surface area contributed by atoms with Crippen molar-refractivity contribution in [3.05, 3.63) is 76.7 Å². The Morgan fingerprint density at radius 1 is 1.03 bits per heavy atom. The zero-order valence-corrected chi connectivity index (χ0v) is 18.6. The molecule has 0 radical (unpaired) electrons. The first-order valence-electron chi connectivity index (χ1n) is 10.6. The predicted octanol–water partition coefficient (Wildman–Crippen LogP) is 5.24. The minimum Gasteiger partial charge on any atom is -0.308 e. The van der Waals surface area contributed by atoms with Gasteiger partial charge < -0.3 is 4.57 Å². The smallest absolute Gasteiger partial charge is 0.205 e. The number of benzene rings is 2. The van der Waals surface area contributed by atoms with Gasteiger partial charge in [-0.2, -0.15) is 5.21 Å². The highest BCUT2D eigenvalue weighted by Gasteiger charge is 2.16. The molecular formula is C24H22ClN7. The van der Waals surface area contributed by atoms with E-state index in [1.165, 1.54) is 5.56 Å². The van der Waals surface area contributed by atoms with E-state index in [-0.39, 0.29) is 0 Å². The molecule has 0 unspecified atom stereocenters. The molecule has 7 nitrogen and oxygen atoms in total. The highest BCUT2D eigenvalue weighted by atomic mass is 35.5. The molecule has 5 rings (SSSR count). The molecule has 0 aliphatic heterocycles. The first-order valence-corrected chi connectivity index (χ1v) is 11.0. The molecule has 0 atom stereocenters. The van der Waals surface area contributed by atoms with Gasteiger partial charge in [0.2, 0.25) is 5.82 Å². The fourth-order valence-corrected chi connectivity index (χ4v) is 4.10. The van der Waals surface area contributed by atoms with Crippen molar-refractivity contribution < 1.29 is 0 Å². The highest BCUT2D eigenvalue weighted by molar-refractivity contribution is 6.31. The SMILES string of the molecule is CCCc1nc2c(C)c(Cl)cnc2n1Cc1ccc(-c2ccccc2-c2nn[nH]n2)cc1. The molecule has 0 saturated carbocycles. The Labute approximate surface area is 190 Å². The number of fused-ring (bicyclic) bond motifs is 1. The third kappa shape index (κ3) is 3.65. The molecular weight excluding hydrogens is 422 g/mol. The Bertz CT molecular complexity index is 1370. The molecule has 0 saturated heterocycles. The van der Waals surface area contributed by atoms with Crippen LogP contribution in [0.5, 0.6) is 0 Å². The van der Waals surface area contributed by atoms with E-state index in [0.717, 1.165) is 52.1 Å². The van der Waals surface area contributed by atoms with Crippen molar-refractivity contribution in [3.63, 3.8) is 0 Å². The molecule has 160 valence electrons. The monoisotopic (exact) mass is 443 g/mol. The van der Waals surface area contributed by atoms with Crippen LogP contribution in [0.3, 0.4) is 0 Å². The summed E-state index contributed by atoms with van der Waals surface area (Å²) >= 11 is 6.29. The maximum atomic E-state index is 6.29. The zero-order chi connectivity index (χ0) is 22.1. The van der Waals surface area contributed by atoms with Crippen LogP contribution in [0, 0.1) is 6.92 Å². The van der Waals surface area contributed by atoms with Crippen molar-refractivity contribution in [1.29, 1.82) is 0 Å². The van der Waals surface area contributed by atoms with Gasteiger partial charge in [0, 0.05) is 18.2 Å². The number of halogens is 1.